The zero-order valence-electron chi connectivity index (χ0n) is 16.9. The molecule has 1 aliphatic rings. The van der Waals surface area contributed by atoms with Crippen LogP contribution < -0.4 is 9.47 Å². The molecule has 2 amide bonds. The average molecular weight is 492 g/mol. The van der Waals surface area contributed by atoms with E-state index in [9.17, 15) is 14.4 Å². The van der Waals surface area contributed by atoms with Crippen molar-refractivity contribution in [2.45, 2.75) is 25.5 Å². The molecule has 8 heteroatoms. The quantitative estimate of drug-likeness (QED) is 0.403. The lowest BCUT2D eigenvalue weighted by Gasteiger charge is -2.16. The maximum absolute atomic E-state index is 12.6. The molecule has 1 heterocycles. The molecule has 158 valence electrons. The van der Waals surface area contributed by atoms with E-state index in [-0.39, 0.29) is 22.8 Å². The van der Waals surface area contributed by atoms with Crippen LogP contribution in [0.1, 0.15) is 29.8 Å². The Morgan fingerprint density at radius 2 is 1.93 bits per heavy atom. The molecule has 1 fully saturated rings. The molecule has 30 heavy (non-hydrogen) atoms. The average Bonchev–Trinajstić information content (AvgIpc) is 2.95. The van der Waals surface area contributed by atoms with Gasteiger partial charge in [-0.05, 0) is 48.2 Å². The van der Waals surface area contributed by atoms with Gasteiger partial charge in [-0.2, -0.15) is 0 Å². The molecule has 1 saturated heterocycles. The summed E-state index contributed by atoms with van der Waals surface area (Å²) in [4.78, 5) is 38.7. The predicted molar refractivity (Wildman–Crippen MR) is 119 cm³/mol. The van der Waals surface area contributed by atoms with Gasteiger partial charge in [-0.3, -0.25) is 14.5 Å². The van der Waals surface area contributed by atoms with Gasteiger partial charge in [0, 0.05) is 11.0 Å². The lowest BCUT2D eigenvalue weighted by atomic mass is 10.1. The van der Waals surface area contributed by atoms with Crippen LogP contribution in [0.3, 0.4) is 0 Å². The second-order valence-corrected chi connectivity index (χ2v) is 9.37. The van der Waals surface area contributed by atoms with Crippen LogP contribution in [0, 0.1) is 5.92 Å². The Morgan fingerprint density at radius 1 is 1.17 bits per heavy atom. The first kappa shape index (κ1) is 22.4. The van der Waals surface area contributed by atoms with E-state index in [4.69, 9.17) is 9.47 Å². The van der Waals surface area contributed by atoms with E-state index in [1.54, 1.807) is 36.4 Å². The summed E-state index contributed by atoms with van der Waals surface area (Å²) in [6.45, 7) is 4.35. The van der Waals surface area contributed by atoms with Gasteiger partial charge in [0.15, 0.2) is 11.5 Å². The SMILES string of the molecule is COc1ccc(CC2SC(=O)N(CC(C)C)C2=O)cc1OC(=O)c1cccc(Br)c1. The van der Waals surface area contributed by atoms with Gasteiger partial charge in [0.2, 0.25) is 5.91 Å². The van der Waals surface area contributed by atoms with Crippen LogP contribution in [0.5, 0.6) is 11.5 Å². The molecule has 0 bridgehead atoms. The van der Waals surface area contributed by atoms with Crippen molar-refractivity contribution in [3.05, 3.63) is 58.1 Å². The van der Waals surface area contributed by atoms with E-state index in [0.29, 0.717) is 24.3 Å². The lowest BCUT2D eigenvalue weighted by Crippen LogP contribution is -2.35. The van der Waals surface area contributed by atoms with E-state index in [1.165, 1.54) is 12.0 Å². The summed E-state index contributed by atoms with van der Waals surface area (Å²) in [5, 5.41) is -0.702. The number of amides is 2. The lowest BCUT2D eigenvalue weighted by molar-refractivity contribution is -0.127. The molecule has 0 N–H and O–H groups in total. The van der Waals surface area contributed by atoms with Crippen molar-refractivity contribution in [3.63, 3.8) is 0 Å². The van der Waals surface area contributed by atoms with Crippen molar-refractivity contribution in [2.24, 2.45) is 5.92 Å². The Balaban J connectivity index is 1.77. The third-order valence-electron chi connectivity index (χ3n) is 4.46. The molecule has 0 radical (unpaired) electrons. The molecule has 0 aromatic heterocycles. The fourth-order valence-electron chi connectivity index (χ4n) is 3.07. The predicted octanol–water partition coefficient (Wildman–Crippen LogP) is 4.94. The van der Waals surface area contributed by atoms with Crippen LogP contribution in [0.4, 0.5) is 4.79 Å². The van der Waals surface area contributed by atoms with Gasteiger partial charge < -0.3 is 9.47 Å². The Bertz CT molecular complexity index is 978. The van der Waals surface area contributed by atoms with Crippen LogP contribution in [0.15, 0.2) is 46.9 Å². The number of esters is 1. The van der Waals surface area contributed by atoms with Crippen molar-refractivity contribution in [1.29, 1.82) is 0 Å². The van der Waals surface area contributed by atoms with E-state index in [1.807, 2.05) is 19.9 Å². The number of imide groups is 1. The van der Waals surface area contributed by atoms with Gasteiger partial charge in [-0.1, -0.05) is 53.7 Å². The number of methoxy groups -OCH3 is 1. The van der Waals surface area contributed by atoms with Gasteiger partial charge in [0.1, 0.15) is 0 Å². The standard InChI is InChI=1S/C22H22BrNO5S/c1-13(2)12-24-20(25)19(30-22(24)27)10-14-7-8-17(28-3)18(9-14)29-21(26)15-5-4-6-16(23)11-15/h4-9,11,13,19H,10,12H2,1-3H3. The summed E-state index contributed by atoms with van der Waals surface area (Å²) in [5.74, 6) is 0.187. The Hall–Kier alpha value is -2.32. The Kier molecular flexibility index (Phi) is 7.20. The Morgan fingerprint density at radius 3 is 2.60 bits per heavy atom. The van der Waals surface area contributed by atoms with Gasteiger partial charge in [0.05, 0.1) is 17.9 Å². The summed E-state index contributed by atoms with van der Waals surface area (Å²) in [7, 11) is 1.49. The zero-order valence-corrected chi connectivity index (χ0v) is 19.3. The number of halogens is 1. The monoisotopic (exact) mass is 491 g/mol. The molecule has 2 aromatic rings. The zero-order chi connectivity index (χ0) is 21.8. The minimum absolute atomic E-state index is 0.179. The van der Waals surface area contributed by atoms with Gasteiger partial charge >= 0.3 is 5.97 Å². The third kappa shape index (κ3) is 5.23. The highest BCUT2D eigenvalue weighted by Crippen LogP contribution is 2.34. The summed E-state index contributed by atoms with van der Waals surface area (Å²) in [6.07, 6.45) is 0.356. The molecule has 6 nitrogen and oxygen atoms in total. The third-order valence-corrected chi connectivity index (χ3v) is 6.03. The summed E-state index contributed by atoms with van der Waals surface area (Å²) >= 11 is 4.38. The maximum atomic E-state index is 12.6. The highest BCUT2D eigenvalue weighted by Gasteiger charge is 2.39. The number of carbonyl (C=O) groups excluding carboxylic acids is 3. The van der Waals surface area contributed by atoms with Crippen LogP contribution in [-0.2, 0) is 11.2 Å². The van der Waals surface area contributed by atoms with Crippen molar-refractivity contribution in [3.8, 4) is 11.5 Å². The smallest absolute Gasteiger partial charge is 0.343 e. The minimum atomic E-state index is -0.517. The summed E-state index contributed by atoms with van der Waals surface area (Å²) in [5.41, 5.74) is 1.17. The molecule has 1 unspecified atom stereocenters. The van der Waals surface area contributed by atoms with Crippen molar-refractivity contribution in [2.75, 3.05) is 13.7 Å². The van der Waals surface area contributed by atoms with Gasteiger partial charge in [-0.25, -0.2) is 4.79 Å². The molecule has 1 atom stereocenters. The van der Waals surface area contributed by atoms with Crippen molar-refractivity contribution in [1.82, 2.24) is 4.90 Å². The van der Waals surface area contributed by atoms with Crippen LogP contribution in [0.2, 0.25) is 0 Å². The summed E-state index contributed by atoms with van der Waals surface area (Å²) in [6, 6.07) is 12.1. The van der Waals surface area contributed by atoms with Crippen LogP contribution in [0.25, 0.3) is 0 Å². The molecule has 0 aliphatic carbocycles. The summed E-state index contributed by atoms with van der Waals surface area (Å²) < 4.78 is 11.6. The van der Waals surface area contributed by atoms with Crippen molar-refractivity contribution < 1.29 is 23.9 Å². The second kappa shape index (κ2) is 9.66. The van der Waals surface area contributed by atoms with Gasteiger partial charge in [0.25, 0.3) is 5.24 Å². The minimum Gasteiger partial charge on any atom is -0.493 e. The van der Waals surface area contributed by atoms with E-state index in [2.05, 4.69) is 15.9 Å². The number of rotatable bonds is 7. The fraction of sp³-hybridized carbons (Fsp3) is 0.318. The highest BCUT2D eigenvalue weighted by atomic mass is 79.9. The molecule has 1 aliphatic heterocycles. The van der Waals surface area contributed by atoms with E-state index >= 15 is 0 Å². The molecule has 0 saturated carbocycles. The largest absolute Gasteiger partial charge is 0.493 e. The number of nitrogens with zero attached hydrogens (tertiary/aromatic N) is 1. The first-order chi connectivity index (χ1) is 14.3. The number of hydrogen-bond donors (Lipinski definition) is 0. The van der Waals surface area contributed by atoms with Gasteiger partial charge in [-0.15, -0.1) is 0 Å². The topological polar surface area (TPSA) is 72.9 Å². The van der Waals surface area contributed by atoms with Crippen molar-refractivity contribution >= 4 is 44.8 Å². The molecule has 3 rings (SSSR count). The number of benzene rings is 2. The van der Waals surface area contributed by atoms with Crippen LogP contribution in [-0.4, -0.2) is 40.9 Å². The molecular formula is C22H22BrNO5S. The number of thioether (sulfide) groups is 1. The van der Waals surface area contributed by atoms with E-state index < -0.39 is 11.2 Å². The normalized spacial score (nSPS) is 16.3. The highest BCUT2D eigenvalue weighted by molar-refractivity contribution is 9.10. The molecular weight excluding hydrogens is 470 g/mol. The Labute approximate surface area is 188 Å². The number of hydrogen-bond acceptors (Lipinski definition) is 6. The fourth-order valence-corrected chi connectivity index (χ4v) is 4.51. The first-order valence-corrected chi connectivity index (χ1v) is 11.1. The molecule has 2 aromatic carbocycles. The van der Waals surface area contributed by atoms with E-state index in [0.717, 1.165) is 21.8 Å². The second-order valence-electron chi connectivity index (χ2n) is 7.30. The molecule has 0 spiro atoms. The van der Waals surface area contributed by atoms with Crippen LogP contribution >= 0.6 is 27.7 Å². The maximum Gasteiger partial charge on any atom is 0.343 e. The number of ether oxygens (including phenoxy) is 2. The first-order valence-electron chi connectivity index (χ1n) is 9.45. The number of carbonyl (C=O) groups is 3.